The Hall–Kier alpha value is -0.970. The molecule has 1 saturated heterocycles. The van der Waals surface area contributed by atoms with Crippen LogP contribution in [0.4, 0.5) is 0 Å². The fraction of sp³-hybridized carbons (Fsp3) is 0.571. The van der Waals surface area contributed by atoms with E-state index in [0.29, 0.717) is 5.92 Å². The summed E-state index contributed by atoms with van der Waals surface area (Å²) in [6, 6.07) is 5.70. The van der Waals surface area contributed by atoms with Gasteiger partial charge in [0.2, 0.25) is 0 Å². The zero-order valence-electron chi connectivity index (χ0n) is 11.4. The topological polar surface area (TPSA) is 53.7 Å². The number of methoxy groups -OCH3 is 2. The van der Waals surface area contributed by atoms with Gasteiger partial charge in [-0.05, 0) is 30.9 Å². The Morgan fingerprint density at radius 3 is 2.16 bits per heavy atom. The van der Waals surface area contributed by atoms with E-state index in [1.54, 1.807) is 14.2 Å². The second kappa shape index (κ2) is 7.58. The molecule has 1 aromatic rings. The molecule has 19 heavy (non-hydrogen) atoms. The Morgan fingerprint density at radius 1 is 1.16 bits per heavy atom. The molecule has 0 saturated carbocycles. The summed E-state index contributed by atoms with van der Waals surface area (Å²) in [5.41, 5.74) is 7.37. The number of ether oxygens (including phenoxy) is 3. The maximum Gasteiger partial charge on any atom is 0.127 e. The Kier molecular flexibility index (Phi) is 6.42. The molecule has 0 unspecified atom stereocenters. The summed E-state index contributed by atoms with van der Waals surface area (Å²) in [7, 11) is 3.32. The number of hydrogen-bond acceptors (Lipinski definition) is 4. The molecule has 1 aliphatic rings. The monoisotopic (exact) mass is 287 g/mol. The first-order valence-electron chi connectivity index (χ1n) is 6.32. The van der Waals surface area contributed by atoms with Crippen molar-refractivity contribution in [2.24, 2.45) is 11.7 Å². The first-order valence-corrected chi connectivity index (χ1v) is 6.32. The van der Waals surface area contributed by atoms with Crippen molar-refractivity contribution in [1.29, 1.82) is 0 Å². The number of halogens is 1. The molecule has 5 heteroatoms. The van der Waals surface area contributed by atoms with E-state index >= 15 is 0 Å². The first kappa shape index (κ1) is 16.1. The van der Waals surface area contributed by atoms with Crippen LogP contribution in [0.1, 0.15) is 24.4 Å². The van der Waals surface area contributed by atoms with Crippen LogP contribution in [-0.4, -0.2) is 27.4 Å². The third-order valence-corrected chi connectivity index (χ3v) is 3.57. The molecule has 1 fully saturated rings. The molecule has 2 rings (SSSR count). The van der Waals surface area contributed by atoms with Gasteiger partial charge in [0.05, 0.1) is 19.8 Å². The fourth-order valence-electron chi connectivity index (χ4n) is 2.52. The summed E-state index contributed by atoms with van der Waals surface area (Å²) in [5, 5.41) is 0. The van der Waals surface area contributed by atoms with Crippen LogP contribution in [0.2, 0.25) is 0 Å². The minimum Gasteiger partial charge on any atom is -0.496 e. The average molecular weight is 288 g/mol. The average Bonchev–Trinajstić information content (AvgIpc) is 2.46. The Morgan fingerprint density at radius 2 is 1.68 bits per heavy atom. The van der Waals surface area contributed by atoms with Crippen LogP contribution in [0.3, 0.4) is 0 Å². The van der Waals surface area contributed by atoms with Crippen LogP contribution >= 0.6 is 12.4 Å². The zero-order chi connectivity index (χ0) is 13.0. The standard InChI is InChI=1S/C14H21NO3.ClH/c1-16-11-4-3-5-12(17-2)13(11)14(15)10-6-8-18-9-7-10;/h3-5,10,14H,6-9,15H2,1-2H3;1H/t14-;/m0./s1. The van der Waals surface area contributed by atoms with Crippen molar-refractivity contribution in [3.63, 3.8) is 0 Å². The van der Waals surface area contributed by atoms with Gasteiger partial charge in [0.15, 0.2) is 0 Å². The molecule has 0 radical (unpaired) electrons. The van der Waals surface area contributed by atoms with Gasteiger partial charge in [0.25, 0.3) is 0 Å². The van der Waals surface area contributed by atoms with E-state index in [2.05, 4.69) is 0 Å². The molecule has 1 aliphatic heterocycles. The molecule has 4 nitrogen and oxygen atoms in total. The van der Waals surface area contributed by atoms with E-state index in [1.807, 2.05) is 18.2 Å². The van der Waals surface area contributed by atoms with E-state index in [0.717, 1.165) is 43.1 Å². The first-order chi connectivity index (χ1) is 8.77. The summed E-state index contributed by atoms with van der Waals surface area (Å²) in [4.78, 5) is 0. The number of rotatable bonds is 4. The fourth-order valence-corrected chi connectivity index (χ4v) is 2.52. The predicted octanol–water partition coefficient (Wildman–Crippen LogP) is 2.55. The lowest BCUT2D eigenvalue weighted by atomic mass is 9.87. The summed E-state index contributed by atoms with van der Waals surface area (Å²) in [5.74, 6) is 2.02. The van der Waals surface area contributed by atoms with E-state index in [9.17, 15) is 0 Å². The predicted molar refractivity (Wildman–Crippen MR) is 77.3 cm³/mol. The molecule has 0 bridgehead atoms. The van der Waals surface area contributed by atoms with E-state index in [4.69, 9.17) is 19.9 Å². The highest BCUT2D eigenvalue weighted by molar-refractivity contribution is 5.85. The minimum atomic E-state index is -0.0694. The number of benzene rings is 1. The van der Waals surface area contributed by atoms with Crippen molar-refractivity contribution in [3.8, 4) is 11.5 Å². The van der Waals surface area contributed by atoms with Crippen LogP contribution in [0.25, 0.3) is 0 Å². The van der Waals surface area contributed by atoms with Crippen LogP contribution in [0.15, 0.2) is 18.2 Å². The van der Waals surface area contributed by atoms with Crippen LogP contribution in [0.5, 0.6) is 11.5 Å². The second-order valence-corrected chi connectivity index (χ2v) is 4.55. The lowest BCUT2D eigenvalue weighted by Gasteiger charge is -2.29. The van der Waals surface area contributed by atoms with E-state index < -0.39 is 0 Å². The zero-order valence-corrected chi connectivity index (χ0v) is 12.2. The largest absolute Gasteiger partial charge is 0.496 e. The Bertz CT molecular complexity index is 372. The van der Waals surface area contributed by atoms with Crippen LogP contribution in [0, 0.1) is 5.92 Å². The summed E-state index contributed by atoms with van der Waals surface area (Å²) < 4.78 is 16.2. The third-order valence-electron chi connectivity index (χ3n) is 3.57. The molecule has 0 aromatic heterocycles. The molecular formula is C14H22ClNO3. The molecule has 1 heterocycles. The SMILES string of the molecule is COc1cccc(OC)c1[C@@H](N)C1CCOCC1.Cl. The van der Waals surface area contributed by atoms with Gasteiger partial charge in [-0.15, -0.1) is 12.4 Å². The summed E-state index contributed by atoms with van der Waals surface area (Å²) >= 11 is 0. The quantitative estimate of drug-likeness (QED) is 0.925. The van der Waals surface area contributed by atoms with Gasteiger partial charge < -0.3 is 19.9 Å². The lowest BCUT2D eigenvalue weighted by Crippen LogP contribution is -2.28. The third kappa shape index (κ3) is 3.53. The highest BCUT2D eigenvalue weighted by Crippen LogP contribution is 2.38. The molecule has 0 spiro atoms. The van der Waals surface area contributed by atoms with Crippen LogP contribution < -0.4 is 15.2 Å². The maximum atomic E-state index is 6.41. The van der Waals surface area contributed by atoms with Gasteiger partial charge in [0.1, 0.15) is 11.5 Å². The molecule has 1 atom stereocenters. The van der Waals surface area contributed by atoms with Crippen molar-refractivity contribution < 1.29 is 14.2 Å². The van der Waals surface area contributed by atoms with Crippen LogP contribution in [-0.2, 0) is 4.74 Å². The minimum absolute atomic E-state index is 0. The summed E-state index contributed by atoms with van der Waals surface area (Å²) in [6.07, 6.45) is 1.98. The Labute approximate surface area is 120 Å². The second-order valence-electron chi connectivity index (χ2n) is 4.55. The molecule has 0 aliphatic carbocycles. The molecule has 0 amide bonds. The van der Waals surface area contributed by atoms with Gasteiger partial charge in [-0.25, -0.2) is 0 Å². The van der Waals surface area contributed by atoms with Crippen molar-refractivity contribution in [2.75, 3.05) is 27.4 Å². The van der Waals surface area contributed by atoms with E-state index in [1.165, 1.54) is 0 Å². The highest BCUT2D eigenvalue weighted by atomic mass is 35.5. The van der Waals surface area contributed by atoms with Crippen molar-refractivity contribution >= 4 is 12.4 Å². The van der Waals surface area contributed by atoms with E-state index in [-0.39, 0.29) is 18.4 Å². The smallest absolute Gasteiger partial charge is 0.127 e. The molecule has 1 aromatic carbocycles. The van der Waals surface area contributed by atoms with Gasteiger partial charge in [-0.2, -0.15) is 0 Å². The number of hydrogen-bond donors (Lipinski definition) is 1. The van der Waals surface area contributed by atoms with Crippen molar-refractivity contribution in [3.05, 3.63) is 23.8 Å². The Balaban J connectivity index is 0.00000180. The van der Waals surface area contributed by atoms with Gasteiger partial charge in [0, 0.05) is 19.3 Å². The molecule has 108 valence electrons. The van der Waals surface area contributed by atoms with Crippen molar-refractivity contribution in [1.82, 2.24) is 0 Å². The molecule has 2 N–H and O–H groups in total. The lowest BCUT2D eigenvalue weighted by molar-refractivity contribution is 0.0578. The number of nitrogens with two attached hydrogens (primary N) is 1. The van der Waals surface area contributed by atoms with Gasteiger partial charge in [-0.1, -0.05) is 6.07 Å². The summed E-state index contributed by atoms with van der Waals surface area (Å²) in [6.45, 7) is 1.58. The van der Waals surface area contributed by atoms with Gasteiger partial charge in [-0.3, -0.25) is 0 Å². The van der Waals surface area contributed by atoms with Crippen molar-refractivity contribution in [2.45, 2.75) is 18.9 Å². The maximum absolute atomic E-state index is 6.41. The van der Waals surface area contributed by atoms with Gasteiger partial charge >= 0.3 is 0 Å². The normalized spacial score (nSPS) is 17.4. The molecular weight excluding hydrogens is 266 g/mol. The highest BCUT2D eigenvalue weighted by Gasteiger charge is 2.27.